The third-order valence-electron chi connectivity index (χ3n) is 14.2. The Labute approximate surface area is 486 Å². The average molecular weight is 1170 g/mol. The number of fused-ring (bicyclic) bond motifs is 2. The number of aromatic hydroxyl groups is 1. The topological polar surface area (TPSA) is 455 Å². The summed E-state index contributed by atoms with van der Waals surface area (Å²) in [6, 6.07) is -9.25. The fourth-order valence-electron chi connectivity index (χ4n) is 9.89. The zero-order chi connectivity index (χ0) is 58.7. The molecule has 4 rings (SSSR count). The molecule has 0 spiro atoms. The van der Waals surface area contributed by atoms with Gasteiger partial charge in [0.05, 0.1) is 37.4 Å². The number of hydrogen-bond donors (Lipinski definition) is 15. The maximum Gasteiger partial charge on any atom is 0.446 e. The minimum atomic E-state index is -5.23. The number of nitrogens with zero attached hydrogens (tertiary/aromatic N) is 2. The van der Waals surface area contributed by atoms with Crippen LogP contribution in [0.15, 0.2) is 18.2 Å². The minimum absolute atomic E-state index is 0. The summed E-state index contributed by atoms with van der Waals surface area (Å²) in [5.41, 5.74) is 5.20. The van der Waals surface area contributed by atoms with E-state index in [4.69, 9.17) is 5.73 Å². The van der Waals surface area contributed by atoms with Crippen LogP contribution in [0.3, 0.4) is 0 Å². The van der Waals surface area contributed by atoms with E-state index >= 15 is 0 Å². The molecule has 13 atom stereocenters. The van der Waals surface area contributed by atoms with Gasteiger partial charge in [0.1, 0.15) is 42.4 Å². The monoisotopic (exact) mass is 1170 g/mol. The summed E-state index contributed by atoms with van der Waals surface area (Å²) in [6.45, 7) is 1.31. The number of carbonyl (C=O) groups excluding carboxylic acids is 8. The normalized spacial score (nSPS) is 27.2. The van der Waals surface area contributed by atoms with E-state index in [1.54, 1.807) is 0 Å². The van der Waals surface area contributed by atoms with Gasteiger partial charge in [-0.3, -0.25) is 42.9 Å². The van der Waals surface area contributed by atoms with Crippen LogP contribution in [0.1, 0.15) is 129 Å². The van der Waals surface area contributed by atoms with Crippen molar-refractivity contribution in [1.82, 2.24) is 36.4 Å². The Hall–Kier alpha value is -4.79. The molecule has 3 saturated heterocycles. The fourth-order valence-corrected chi connectivity index (χ4v) is 10.3. The summed E-state index contributed by atoms with van der Waals surface area (Å²) in [6.07, 6.45) is -1.90. The van der Waals surface area contributed by atoms with Crippen LogP contribution < -0.4 is 36.5 Å². The molecule has 1 aromatic carbocycles. The smallest absolute Gasteiger partial charge is 0.446 e. The van der Waals surface area contributed by atoms with E-state index < -0.39 is 193 Å². The van der Waals surface area contributed by atoms with Crippen LogP contribution in [0.4, 0.5) is 0 Å². The number of phenols is 1. The second kappa shape index (κ2) is 33.3. The van der Waals surface area contributed by atoms with Gasteiger partial charge in [-0.1, -0.05) is 97.0 Å². The molecule has 0 aliphatic carbocycles. The van der Waals surface area contributed by atoms with Gasteiger partial charge in [0.15, 0.2) is 17.7 Å². The summed E-state index contributed by atoms with van der Waals surface area (Å²) in [5.74, 6) is -12.4. The number of aliphatic hydroxyl groups is 7. The van der Waals surface area contributed by atoms with Crippen molar-refractivity contribution in [3.8, 4) is 11.5 Å². The summed E-state index contributed by atoms with van der Waals surface area (Å²) >= 11 is 0. The maximum atomic E-state index is 14.5. The first-order chi connectivity index (χ1) is 37.3. The van der Waals surface area contributed by atoms with Crippen molar-refractivity contribution >= 4 is 87.2 Å². The fraction of sp³-hybridized carbons (Fsp3) is 0.720. The van der Waals surface area contributed by atoms with Crippen molar-refractivity contribution < 1.29 is 96.4 Å². The van der Waals surface area contributed by atoms with Crippen molar-refractivity contribution in [2.24, 2.45) is 11.7 Å². The quantitative estimate of drug-likeness (QED) is 0.0267. The summed E-state index contributed by atoms with van der Waals surface area (Å²) in [7, 11) is -5.23. The second-order valence-electron chi connectivity index (χ2n) is 20.7. The van der Waals surface area contributed by atoms with Crippen molar-refractivity contribution in [2.45, 2.75) is 202 Å². The molecule has 0 bridgehead atoms. The van der Waals surface area contributed by atoms with Gasteiger partial charge < -0.3 is 87.2 Å². The Balaban J connectivity index is 0.0000168. The first kappa shape index (κ1) is 69.5. The van der Waals surface area contributed by atoms with E-state index in [1.807, 2.05) is 0 Å². The van der Waals surface area contributed by atoms with E-state index in [-0.39, 0.29) is 41.5 Å². The number of amides is 8. The van der Waals surface area contributed by atoms with Gasteiger partial charge >= 0.3 is 10.4 Å². The molecule has 16 N–H and O–H groups in total. The molecule has 3 aliphatic rings. The first-order valence-corrected chi connectivity index (χ1v) is 28.2. The van der Waals surface area contributed by atoms with Crippen LogP contribution in [-0.2, 0) is 55.2 Å². The van der Waals surface area contributed by atoms with Crippen LogP contribution in [0.5, 0.6) is 11.5 Å². The first-order valence-electron chi connectivity index (χ1n) is 26.8. The molecule has 30 heteroatoms. The van der Waals surface area contributed by atoms with E-state index in [0.717, 1.165) is 55.2 Å². The Morgan fingerprint density at radius 2 is 1.35 bits per heavy atom. The average Bonchev–Trinajstić information content (AvgIpc) is 3.94. The standard InChI is InChI=1S/C50H80N8O20S.Na/c1-3-4-5-6-7-8-9-10-11-12-13-14-15-16-39(66)52-30-22-36(64)46(70)56-48(72)42-43(67)27(2)24-58(42)50(74)41(35(63)23-38(51)65)55-47(71)40(34(62)19-28-17-18-33(61)37(20-28)78-79(75,76)77)54-45(69)32-21-29(60)25-57(32)49(73)31(26-59)53-44(30)68;/h17-18,20,27,29-32,34-36,40-43,46,59-64,67,70H,3-16,19,21-26H2,1-2H3,(H2,51,65)(H,52,66)(H,53,68)(H,54,69)(H,55,71)(H,56,72)(H,75,76,77);. The van der Waals surface area contributed by atoms with Crippen molar-refractivity contribution in [2.75, 3.05) is 19.7 Å². The number of nitrogens with two attached hydrogens (primary N) is 1. The number of nitrogens with one attached hydrogen (secondary N) is 5. The van der Waals surface area contributed by atoms with Gasteiger partial charge in [0.25, 0.3) is 0 Å². The Morgan fingerprint density at radius 1 is 0.762 bits per heavy atom. The third kappa shape index (κ3) is 21.2. The number of benzene rings is 1. The molecule has 13 unspecified atom stereocenters. The van der Waals surface area contributed by atoms with Crippen LogP contribution in [-0.4, -0.2) is 233 Å². The van der Waals surface area contributed by atoms with Crippen LogP contribution in [0.25, 0.3) is 0 Å². The van der Waals surface area contributed by atoms with E-state index in [2.05, 4.69) is 37.7 Å². The zero-order valence-electron chi connectivity index (χ0n) is 45.5. The second-order valence-corrected chi connectivity index (χ2v) is 21.7. The molecular formula is C50H80N8NaO20S. The van der Waals surface area contributed by atoms with E-state index in [9.17, 15) is 92.2 Å². The van der Waals surface area contributed by atoms with Crippen LogP contribution >= 0.6 is 0 Å². The molecule has 3 heterocycles. The molecule has 447 valence electrons. The van der Waals surface area contributed by atoms with Gasteiger partial charge in [-0.15, -0.1) is 0 Å². The van der Waals surface area contributed by atoms with E-state index in [1.165, 1.54) is 45.4 Å². The van der Waals surface area contributed by atoms with E-state index in [0.29, 0.717) is 17.7 Å². The molecule has 28 nitrogen and oxygen atoms in total. The summed E-state index contributed by atoms with van der Waals surface area (Å²) in [5, 5.41) is 99.3. The molecule has 1 radical (unpaired) electrons. The molecule has 0 saturated carbocycles. The van der Waals surface area contributed by atoms with Gasteiger partial charge in [-0.25, -0.2) is 0 Å². The number of carbonyl (C=O) groups is 8. The number of primary amides is 1. The van der Waals surface area contributed by atoms with Gasteiger partial charge in [-0.05, 0) is 24.1 Å². The number of unbranched alkanes of at least 4 members (excludes halogenated alkanes) is 12. The predicted molar refractivity (Wildman–Crippen MR) is 282 cm³/mol. The molecule has 1 aromatic rings. The number of phenolic OH excluding ortho intramolecular Hbond substituents is 1. The minimum Gasteiger partial charge on any atom is -0.504 e. The van der Waals surface area contributed by atoms with Gasteiger partial charge in [0.2, 0.25) is 47.3 Å². The predicted octanol–water partition coefficient (Wildman–Crippen LogP) is -3.89. The van der Waals surface area contributed by atoms with Crippen molar-refractivity contribution in [3.05, 3.63) is 23.8 Å². The number of aliphatic hydroxyl groups excluding tert-OH is 7. The van der Waals surface area contributed by atoms with Crippen molar-refractivity contribution in [3.63, 3.8) is 0 Å². The largest absolute Gasteiger partial charge is 0.504 e. The van der Waals surface area contributed by atoms with Gasteiger partial charge in [-0.2, -0.15) is 8.42 Å². The summed E-state index contributed by atoms with van der Waals surface area (Å²) < 4.78 is 36.6. The number of hydrogen-bond acceptors (Lipinski definition) is 19. The van der Waals surface area contributed by atoms with Crippen LogP contribution in [0.2, 0.25) is 0 Å². The number of rotatable bonds is 24. The molecular weight excluding hydrogens is 1090 g/mol. The Morgan fingerprint density at radius 3 is 1.93 bits per heavy atom. The Bertz CT molecular complexity index is 2380. The van der Waals surface area contributed by atoms with Gasteiger partial charge in [0, 0.05) is 74.2 Å². The van der Waals surface area contributed by atoms with Crippen LogP contribution in [0, 0.1) is 5.92 Å². The zero-order valence-corrected chi connectivity index (χ0v) is 48.3. The SMILES string of the molecule is CCCCCCCCCCCCCCCC(=O)NC1CC(O)C(O)NC(=O)C2C(O)C(C)CN2C(=O)C(C(O)CC(N)=O)NC(=O)C(C(O)Cc2ccc(O)c(OS(=O)(=O)O)c2)NC(=O)C2CC(O)CN2C(=O)C(CO)NC1=O.[Na]. The van der Waals surface area contributed by atoms with Crippen molar-refractivity contribution in [1.29, 1.82) is 0 Å². The summed E-state index contributed by atoms with van der Waals surface area (Å²) in [4.78, 5) is 112. The third-order valence-corrected chi connectivity index (χ3v) is 14.6. The maximum absolute atomic E-state index is 14.5. The molecule has 0 aromatic heterocycles. The molecule has 3 fully saturated rings. The molecule has 3 aliphatic heterocycles. The Kier molecular flexibility index (Phi) is 29.0. The molecule has 80 heavy (non-hydrogen) atoms. The molecule has 8 amide bonds.